The number of likely N-dealkylation sites (N-methyl/N-ethyl adjacent to an activating group) is 1. The molecule has 1 unspecified atom stereocenters. The summed E-state index contributed by atoms with van der Waals surface area (Å²) in [6.07, 6.45) is 2.56. The fourth-order valence-electron chi connectivity index (χ4n) is 2.76. The molecule has 0 aromatic rings. The van der Waals surface area contributed by atoms with E-state index in [0.717, 1.165) is 6.54 Å². The summed E-state index contributed by atoms with van der Waals surface area (Å²) in [6.45, 7) is 18.5. The molecule has 1 N–H and O–H groups in total. The number of piperazine rings is 1. The summed E-state index contributed by atoms with van der Waals surface area (Å²) < 4.78 is 0. The molecule has 114 valence electrons. The Morgan fingerprint density at radius 1 is 1.21 bits per heavy atom. The average molecular weight is 269 g/mol. The molecule has 1 atom stereocenters. The van der Waals surface area contributed by atoms with Crippen molar-refractivity contribution in [3.63, 3.8) is 0 Å². The van der Waals surface area contributed by atoms with Gasteiger partial charge in [0.2, 0.25) is 0 Å². The van der Waals surface area contributed by atoms with E-state index in [4.69, 9.17) is 0 Å². The van der Waals surface area contributed by atoms with Crippen LogP contribution in [-0.4, -0.2) is 60.1 Å². The van der Waals surface area contributed by atoms with Crippen molar-refractivity contribution in [3.05, 3.63) is 0 Å². The Balaban J connectivity index is 2.61. The molecular formula is C16H35N3. The number of rotatable bonds is 5. The maximum atomic E-state index is 3.69. The number of hydrogen-bond acceptors (Lipinski definition) is 3. The Morgan fingerprint density at radius 3 is 2.32 bits per heavy atom. The average Bonchev–Trinajstić information content (AvgIpc) is 2.27. The van der Waals surface area contributed by atoms with Gasteiger partial charge in [-0.25, -0.2) is 0 Å². The third-order valence-corrected chi connectivity index (χ3v) is 4.35. The lowest BCUT2D eigenvalue weighted by Crippen LogP contribution is -2.61. The van der Waals surface area contributed by atoms with Crippen molar-refractivity contribution in [1.82, 2.24) is 15.1 Å². The summed E-state index contributed by atoms with van der Waals surface area (Å²) >= 11 is 0. The smallest absolute Gasteiger partial charge is 0.0277 e. The molecule has 3 heteroatoms. The molecule has 0 saturated carbocycles. The molecule has 19 heavy (non-hydrogen) atoms. The van der Waals surface area contributed by atoms with Crippen LogP contribution in [0.15, 0.2) is 0 Å². The molecule has 1 rings (SSSR count). The van der Waals surface area contributed by atoms with Crippen LogP contribution in [0.4, 0.5) is 0 Å². The summed E-state index contributed by atoms with van der Waals surface area (Å²) in [5.41, 5.74) is 0.514. The van der Waals surface area contributed by atoms with Gasteiger partial charge < -0.3 is 5.32 Å². The van der Waals surface area contributed by atoms with Gasteiger partial charge in [-0.3, -0.25) is 9.80 Å². The van der Waals surface area contributed by atoms with Crippen molar-refractivity contribution in [3.8, 4) is 0 Å². The van der Waals surface area contributed by atoms with Crippen molar-refractivity contribution in [2.45, 2.75) is 71.5 Å². The third kappa shape index (κ3) is 5.41. The van der Waals surface area contributed by atoms with E-state index in [2.05, 4.69) is 63.7 Å². The summed E-state index contributed by atoms with van der Waals surface area (Å²) in [7, 11) is 2.25. The van der Waals surface area contributed by atoms with Crippen LogP contribution in [0, 0.1) is 0 Å². The Bertz CT molecular complexity index is 268. The monoisotopic (exact) mass is 269 g/mol. The van der Waals surface area contributed by atoms with E-state index in [1.807, 2.05) is 0 Å². The zero-order valence-corrected chi connectivity index (χ0v) is 14.2. The Morgan fingerprint density at radius 2 is 1.84 bits per heavy atom. The zero-order valence-electron chi connectivity index (χ0n) is 14.2. The molecule has 1 aliphatic rings. The maximum absolute atomic E-state index is 3.69. The van der Waals surface area contributed by atoms with Crippen LogP contribution in [-0.2, 0) is 0 Å². The first kappa shape index (κ1) is 16.9. The highest BCUT2D eigenvalue weighted by Crippen LogP contribution is 2.22. The molecule has 1 aliphatic heterocycles. The van der Waals surface area contributed by atoms with Gasteiger partial charge in [-0.1, -0.05) is 13.3 Å². The molecule has 0 bridgehead atoms. The van der Waals surface area contributed by atoms with Gasteiger partial charge in [0.25, 0.3) is 0 Å². The lowest BCUT2D eigenvalue weighted by atomic mass is 9.96. The second-order valence-electron chi connectivity index (χ2n) is 7.78. The van der Waals surface area contributed by atoms with Crippen molar-refractivity contribution < 1.29 is 0 Å². The molecule has 0 aliphatic carbocycles. The van der Waals surface area contributed by atoms with Crippen LogP contribution in [0.1, 0.15) is 54.4 Å². The van der Waals surface area contributed by atoms with Gasteiger partial charge in [-0.2, -0.15) is 0 Å². The zero-order chi connectivity index (χ0) is 14.7. The SMILES string of the molecule is CCCC(CNC(C)(C)C)N1CCN(C)C(C)(C)C1. The highest BCUT2D eigenvalue weighted by atomic mass is 15.3. The minimum Gasteiger partial charge on any atom is -0.311 e. The van der Waals surface area contributed by atoms with E-state index >= 15 is 0 Å². The van der Waals surface area contributed by atoms with E-state index in [-0.39, 0.29) is 5.54 Å². The molecule has 0 aromatic heterocycles. The normalized spacial score (nSPS) is 23.5. The van der Waals surface area contributed by atoms with Crippen LogP contribution in [0.3, 0.4) is 0 Å². The van der Waals surface area contributed by atoms with Crippen LogP contribution in [0.2, 0.25) is 0 Å². The maximum Gasteiger partial charge on any atom is 0.0277 e. The second kappa shape index (κ2) is 6.55. The highest BCUT2D eigenvalue weighted by molar-refractivity contribution is 4.91. The summed E-state index contributed by atoms with van der Waals surface area (Å²) in [5.74, 6) is 0. The number of nitrogens with zero attached hydrogens (tertiary/aromatic N) is 2. The van der Waals surface area contributed by atoms with Crippen LogP contribution < -0.4 is 5.32 Å². The standard InChI is InChI=1S/C16H35N3/c1-8-9-14(12-17-15(2,3)4)19-11-10-18(7)16(5,6)13-19/h14,17H,8-13H2,1-7H3. The van der Waals surface area contributed by atoms with E-state index in [1.165, 1.54) is 32.5 Å². The fourth-order valence-corrected chi connectivity index (χ4v) is 2.76. The van der Waals surface area contributed by atoms with Gasteiger partial charge >= 0.3 is 0 Å². The molecule has 1 fully saturated rings. The Hall–Kier alpha value is -0.120. The topological polar surface area (TPSA) is 18.5 Å². The molecule has 0 spiro atoms. The second-order valence-corrected chi connectivity index (χ2v) is 7.78. The molecule has 0 aromatic carbocycles. The van der Waals surface area contributed by atoms with Gasteiger partial charge in [0.15, 0.2) is 0 Å². The molecule has 0 amide bonds. The van der Waals surface area contributed by atoms with Crippen molar-refractivity contribution in [1.29, 1.82) is 0 Å². The minimum absolute atomic E-state index is 0.216. The van der Waals surface area contributed by atoms with Gasteiger partial charge in [0, 0.05) is 43.3 Å². The van der Waals surface area contributed by atoms with Gasteiger partial charge in [0.05, 0.1) is 0 Å². The minimum atomic E-state index is 0.216. The van der Waals surface area contributed by atoms with E-state index in [0.29, 0.717) is 11.6 Å². The quantitative estimate of drug-likeness (QED) is 0.827. The molecule has 0 radical (unpaired) electrons. The lowest BCUT2D eigenvalue weighted by Gasteiger charge is -2.48. The first-order valence-corrected chi connectivity index (χ1v) is 7.86. The van der Waals surface area contributed by atoms with Crippen LogP contribution >= 0.6 is 0 Å². The summed E-state index contributed by atoms with van der Waals surface area (Å²) in [5, 5.41) is 3.69. The Labute approximate surface area is 120 Å². The predicted molar refractivity (Wildman–Crippen MR) is 84.7 cm³/mol. The highest BCUT2D eigenvalue weighted by Gasteiger charge is 2.33. The van der Waals surface area contributed by atoms with E-state index in [9.17, 15) is 0 Å². The largest absolute Gasteiger partial charge is 0.311 e. The molecular weight excluding hydrogens is 234 g/mol. The lowest BCUT2D eigenvalue weighted by molar-refractivity contribution is 0.0134. The van der Waals surface area contributed by atoms with E-state index < -0.39 is 0 Å². The van der Waals surface area contributed by atoms with E-state index in [1.54, 1.807) is 0 Å². The molecule has 1 heterocycles. The fraction of sp³-hybridized carbons (Fsp3) is 1.00. The first-order valence-electron chi connectivity index (χ1n) is 7.86. The molecule has 1 saturated heterocycles. The first-order chi connectivity index (χ1) is 8.65. The number of nitrogens with one attached hydrogen (secondary N) is 1. The van der Waals surface area contributed by atoms with Crippen molar-refractivity contribution >= 4 is 0 Å². The van der Waals surface area contributed by atoms with Crippen LogP contribution in [0.5, 0.6) is 0 Å². The van der Waals surface area contributed by atoms with Gasteiger partial charge in [-0.15, -0.1) is 0 Å². The summed E-state index contributed by atoms with van der Waals surface area (Å²) in [6, 6.07) is 0.678. The van der Waals surface area contributed by atoms with Crippen molar-refractivity contribution in [2.24, 2.45) is 0 Å². The molecule has 3 nitrogen and oxygen atoms in total. The number of hydrogen-bond donors (Lipinski definition) is 1. The predicted octanol–water partition coefficient (Wildman–Crippen LogP) is 2.57. The van der Waals surface area contributed by atoms with Gasteiger partial charge in [0.1, 0.15) is 0 Å². The third-order valence-electron chi connectivity index (χ3n) is 4.35. The Kier molecular flexibility index (Phi) is 5.84. The van der Waals surface area contributed by atoms with Gasteiger partial charge in [-0.05, 0) is 48.1 Å². The van der Waals surface area contributed by atoms with Crippen LogP contribution in [0.25, 0.3) is 0 Å². The van der Waals surface area contributed by atoms with Crippen molar-refractivity contribution in [2.75, 3.05) is 33.2 Å². The summed E-state index contributed by atoms with van der Waals surface area (Å²) in [4.78, 5) is 5.19.